The molecule has 1 amide bonds. The average molecular weight is 299 g/mol. The molecule has 1 aromatic rings. The molecule has 1 aromatic carbocycles. The van der Waals surface area contributed by atoms with E-state index in [9.17, 15) is 4.79 Å². The Morgan fingerprint density at radius 2 is 1.94 bits per heavy atom. The molecule has 3 nitrogen and oxygen atoms in total. The predicted molar refractivity (Wildman–Crippen MR) is 73.7 cm³/mol. The SMILES string of the molecule is CC(N)C(=O)NC(C)(C)Cc1ccc(Br)cc1. The van der Waals surface area contributed by atoms with E-state index >= 15 is 0 Å². The highest BCUT2D eigenvalue weighted by Gasteiger charge is 2.22. The molecule has 17 heavy (non-hydrogen) atoms. The molecular formula is C13H19BrN2O. The Kier molecular flexibility index (Phi) is 4.71. The van der Waals surface area contributed by atoms with Crippen molar-refractivity contribution in [3.05, 3.63) is 34.3 Å². The highest BCUT2D eigenvalue weighted by molar-refractivity contribution is 9.10. The first-order chi connectivity index (χ1) is 7.80. The minimum absolute atomic E-state index is 0.118. The van der Waals surface area contributed by atoms with E-state index in [1.165, 1.54) is 5.56 Å². The third-order valence-electron chi connectivity index (χ3n) is 2.43. The topological polar surface area (TPSA) is 55.1 Å². The zero-order valence-electron chi connectivity index (χ0n) is 10.5. The lowest BCUT2D eigenvalue weighted by Gasteiger charge is -2.27. The molecule has 0 saturated carbocycles. The van der Waals surface area contributed by atoms with Gasteiger partial charge in [0.05, 0.1) is 6.04 Å². The summed E-state index contributed by atoms with van der Waals surface area (Å²) in [6, 6.07) is 7.62. The van der Waals surface area contributed by atoms with Gasteiger partial charge < -0.3 is 11.1 Å². The smallest absolute Gasteiger partial charge is 0.237 e. The monoisotopic (exact) mass is 298 g/mol. The van der Waals surface area contributed by atoms with E-state index < -0.39 is 6.04 Å². The number of nitrogens with one attached hydrogen (secondary N) is 1. The van der Waals surface area contributed by atoms with Gasteiger partial charge in [-0.3, -0.25) is 4.79 Å². The molecule has 4 heteroatoms. The highest BCUT2D eigenvalue weighted by Crippen LogP contribution is 2.16. The van der Waals surface area contributed by atoms with E-state index in [1.54, 1.807) is 6.92 Å². The maximum absolute atomic E-state index is 11.6. The second kappa shape index (κ2) is 5.65. The normalized spacial score (nSPS) is 13.2. The van der Waals surface area contributed by atoms with Crippen molar-refractivity contribution in [2.24, 2.45) is 5.73 Å². The van der Waals surface area contributed by atoms with Crippen LogP contribution in [-0.2, 0) is 11.2 Å². The average Bonchev–Trinajstić information content (AvgIpc) is 2.20. The molecule has 94 valence electrons. The van der Waals surface area contributed by atoms with Gasteiger partial charge in [0, 0.05) is 10.0 Å². The van der Waals surface area contributed by atoms with Crippen LogP contribution < -0.4 is 11.1 Å². The first-order valence-electron chi connectivity index (χ1n) is 5.62. The number of hydrogen-bond donors (Lipinski definition) is 2. The number of halogens is 1. The number of amides is 1. The van der Waals surface area contributed by atoms with Gasteiger partial charge in [-0.1, -0.05) is 28.1 Å². The van der Waals surface area contributed by atoms with Crippen LogP contribution in [0.3, 0.4) is 0 Å². The van der Waals surface area contributed by atoms with Crippen LogP contribution in [0.4, 0.5) is 0 Å². The molecule has 3 N–H and O–H groups in total. The summed E-state index contributed by atoms with van der Waals surface area (Å²) in [5.74, 6) is -0.118. The van der Waals surface area contributed by atoms with Gasteiger partial charge >= 0.3 is 0 Å². The highest BCUT2D eigenvalue weighted by atomic mass is 79.9. The van der Waals surface area contributed by atoms with E-state index in [2.05, 4.69) is 21.2 Å². The Hall–Kier alpha value is -0.870. The van der Waals surface area contributed by atoms with Gasteiger partial charge in [0.1, 0.15) is 0 Å². The van der Waals surface area contributed by atoms with Gasteiger partial charge in [-0.05, 0) is 44.9 Å². The Morgan fingerprint density at radius 3 is 2.41 bits per heavy atom. The second-order valence-electron chi connectivity index (χ2n) is 4.97. The van der Waals surface area contributed by atoms with E-state index in [0.717, 1.165) is 10.9 Å². The van der Waals surface area contributed by atoms with Gasteiger partial charge in [-0.25, -0.2) is 0 Å². The summed E-state index contributed by atoms with van der Waals surface area (Å²) >= 11 is 3.40. The van der Waals surface area contributed by atoms with Gasteiger partial charge in [-0.2, -0.15) is 0 Å². The Morgan fingerprint density at radius 1 is 1.41 bits per heavy atom. The van der Waals surface area contributed by atoms with Crippen LogP contribution in [-0.4, -0.2) is 17.5 Å². The standard InChI is InChI=1S/C13H19BrN2O/c1-9(15)12(17)16-13(2,3)8-10-4-6-11(14)7-5-10/h4-7,9H,8,15H2,1-3H3,(H,16,17). The van der Waals surface area contributed by atoms with Gasteiger partial charge in [0.2, 0.25) is 5.91 Å². The summed E-state index contributed by atoms with van der Waals surface area (Å²) in [5, 5.41) is 2.94. The van der Waals surface area contributed by atoms with Crippen LogP contribution >= 0.6 is 15.9 Å². The summed E-state index contributed by atoms with van der Waals surface area (Å²) in [6.07, 6.45) is 0.777. The molecule has 0 spiro atoms. The minimum atomic E-state index is -0.473. The summed E-state index contributed by atoms with van der Waals surface area (Å²) in [5.41, 5.74) is 6.43. The van der Waals surface area contributed by atoms with Crippen molar-refractivity contribution >= 4 is 21.8 Å². The molecule has 0 aliphatic carbocycles. The van der Waals surface area contributed by atoms with Crippen LogP contribution in [0, 0.1) is 0 Å². The Labute approximate surface area is 111 Å². The molecular weight excluding hydrogens is 280 g/mol. The third-order valence-corrected chi connectivity index (χ3v) is 2.96. The maximum Gasteiger partial charge on any atom is 0.237 e. The molecule has 0 heterocycles. The van der Waals surface area contributed by atoms with Crippen LogP contribution in [0.1, 0.15) is 26.3 Å². The van der Waals surface area contributed by atoms with Gasteiger partial charge in [-0.15, -0.1) is 0 Å². The summed E-state index contributed by atoms with van der Waals surface area (Å²) in [4.78, 5) is 11.6. The molecule has 1 atom stereocenters. The molecule has 0 aromatic heterocycles. The first kappa shape index (κ1) is 14.2. The molecule has 0 saturated heterocycles. The molecule has 0 aliphatic heterocycles. The molecule has 1 rings (SSSR count). The number of rotatable bonds is 4. The maximum atomic E-state index is 11.6. The predicted octanol–water partition coefficient (Wildman–Crippen LogP) is 2.23. The quantitative estimate of drug-likeness (QED) is 0.896. The lowest BCUT2D eigenvalue weighted by molar-refractivity contribution is -0.123. The van der Waals surface area contributed by atoms with Crippen molar-refractivity contribution in [3.63, 3.8) is 0 Å². The zero-order valence-corrected chi connectivity index (χ0v) is 12.0. The Bertz CT molecular complexity index is 385. The largest absolute Gasteiger partial charge is 0.350 e. The van der Waals surface area contributed by atoms with Crippen molar-refractivity contribution in [3.8, 4) is 0 Å². The molecule has 0 bridgehead atoms. The third kappa shape index (κ3) is 4.88. The lowest BCUT2D eigenvalue weighted by atomic mass is 9.94. The van der Waals surface area contributed by atoms with Crippen LogP contribution in [0.5, 0.6) is 0 Å². The first-order valence-corrected chi connectivity index (χ1v) is 6.41. The number of hydrogen-bond acceptors (Lipinski definition) is 2. The Balaban J connectivity index is 2.66. The zero-order chi connectivity index (χ0) is 13.1. The summed E-state index contributed by atoms with van der Waals surface area (Å²) in [6.45, 7) is 5.68. The fourth-order valence-corrected chi connectivity index (χ4v) is 1.87. The van der Waals surface area contributed by atoms with Gasteiger partial charge in [0.15, 0.2) is 0 Å². The number of carbonyl (C=O) groups excluding carboxylic acids is 1. The van der Waals surface area contributed by atoms with Crippen LogP contribution in [0.15, 0.2) is 28.7 Å². The summed E-state index contributed by atoms with van der Waals surface area (Å²) in [7, 11) is 0. The molecule has 0 fully saturated rings. The second-order valence-corrected chi connectivity index (χ2v) is 5.88. The molecule has 0 aliphatic rings. The van der Waals surface area contributed by atoms with E-state index in [0.29, 0.717) is 0 Å². The number of benzene rings is 1. The van der Waals surface area contributed by atoms with E-state index in [4.69, 9.17) is 5.73 Å². The molecule has 0 radical (unpaired) electrons. The minimum Gasteiger partial charge on any atom is -0.350 e. The van der Waals surface area contributed by atoms with Gasteiger partial charge in [0.25, 0.3) is 0 Å². The van der Waals surface area contributed by atoms with Crippen molar-refractivity contribution in [2.75, 3.05) is 0 Å². The van der Waals surface area contributed by atoms with E-state index in [-0.39, 0.29) is 11.4 Å². The number of nitrogens with two attached hydrogens (primary N) is 1. The van der Waals surface area contributed by atoms with Crippen molar-refractivity contribution in [2.45, 2.75) is 38.8 Å². The fourth-order valence-electron chi connectivity index (χ4n) is 1.60. The van der Waals surface area contributed by atoms with Crippen LogP contribution in [0.25, 0.3) is 0 Å². The lowest BCUT2D eigenvalue weighted by Crippen LogP contribution is -2.50. The fraction of sp³-hybridized carbons (Fsp3) is 0.462. The number of carbonyl (C=O) groups is 1. The van der Waals surface area contributed by atoms with E-state index in [1.807, 2.05) is 38.1 Å². The van der Waals surface area contributed by atoms with Crippen molar-refractivity contribution in [1.82, 2.24) is 5.32 Å². The summed E-state index contributed by atoms with van der Waals surface area (Å²) < 4.78 is 1.05. The van der Waals surface area contributed by atoms with Crippen molar-refractivity contribution < 1.29 is 4.79 Å². The molecule has 1 unspecified atom stereocenters. The van der Waals surface area contributed by atoms with Crippen molar-refractivity contribution in [1.29, 1.82) is 0 Å². The van der Waals surface area contributed by atoms with Crippen LogP contribution in [0.2, 0.25) is 0 Å².